The molecule has 2 heterocycles. The number of rotatable bonds is 5. The first-order chi connectivity index (χ1) is 12.5. The van der Waals surface area contributed by atoms with Crippen LogP contribution in [0.25, 0.3) is 0 Å². The van der Waals surface area contributed by atoms with Gasteiger partial charge in [-0.1, -0.05) is 11.6 Å². The van der Waals surface area contributed by atoms with E-state index < -0.39 is 0 Å². The molecule has 1 fully saturated rings. The van der Waals surface area contributed by atoms with Crippen molar-refractivity contribution in [2.75, 3.05) is 31.8 Å². The van der Waals surface area contributed by atoms with Gasteiger partial charge < -0.3 is 18.8 Å². The summed E-state index contributed by atoms with van der Waals surface area (Å²) >= 11 is 8.15. The highest BCUT2D eigenvalue weighted by atomic mass is 35.5. The van der Waals surface area contributed by atoms with Gasteiger partial charge in [0.05, 0.1) is 24.8 Å². The Bertz CT molecular complexity index is 792. The van der Waals surface area contributed by atoms with E-state index in [9.17, 15) is 4.79 Å². The number of furan rings is 1. The maximum Gasteiger partial charge on any atom is 0.254 e. The molecule has 1 aromatic carbocycles. The van der Waals surface area contributed by atoms with Crippen LogP contribution in [0.1, 0.15) is 34.8 Å². The lowest BCUT2D eigenvalue weighted by Gasteiger charge is -2.34. The number of halogens is 1. The lowest BCUT2D eigenvalue weighted by molar-refractivity contribution is 0.0681. The van der Waals surface area contributed by atoms with Crippen LogP contribution in [-0.2, 0) is 0 Å². The van der Waals surface area contributed by atoms with Gasteiger partial charge in [-0.05, 0) is 38.1 Å². The largest absolute Gasteiger partial charge is 0.493 e. The summed E-state index contributed by atoms with van der Waals surface area (Å²) in [5.41, 5.74) is 0.482. The zero-order chi connectivity index (χ0) is 18.7. The highest BCUT2D eigenvalue weighted by Crippen LogP contribution is 2.38. The van der Waals surface area contributed by atoms with Crippen molar-refractivity contribution in [3.05, 3.63) is 46.4 Å². The second-order valence-corrected chi connectivity index (χ2v) is 7.52. The van der Waals surface area contributed by atoms with Gasteiger partial charge in [-0.2, -0.15) is 11.8 Å². The van der Waals surface area contributed by atoms with Crippen molar-refractivity contribution in [2.45, 2.75) is 19.9 Å². The first-order valence-corrected chi connectivity index (χ1v) is 10.0. The van der Waals surface area contributed by atoms with Crippen molar-refractivity contribution in [1.82, 2.24) is 4.90 Å². The molecule has 0 spiro atoms. The summed E-state index contributed by atoms with van der Waals surface area (Å²) in [6.45, 7) is 4.90. The Morgan fingerprint density at radius 1 is 1.42 bits per heavy atom. The van der Waals surface area contributed by atoms with Crippen LogP contribution in [0, 0.1) is 6.92 Å². The normalized spacial score (nSPS) is 17.2. The summed E-state index contributed by atoms with van der Waals surface area (Å²) < 4.78 is 16.7. The first-order valence-electron chi connectivity index (χ1n) is 8.50. The number of amides is 1. The van der Waals surface area contributed by atoms with Crippen molar-refractivity contribution in [3.63, 3.8) is 0 Å². The molecule has 2 aromatic rings. The zero-order valence-corrected chi connectivity index (χ0v) is 16.7. The Labute approximate surface area is 162 Å². The van der Waals surface area contributed by atoms with Gasteiger partial charge in [0.2, 0.25) is 0 Å². The third kappa shape index (κ3) is 3.81. The third-order valence-corrected chi connectivity index (χ3v) is 5.55. The Morgan fingerprint density at radius 2 is 2.23 bits per heavy atom. The van der Waals surface area contributed by atoms with Gasteiger partial charge in [-0.3, -0.25) is 4.79 Å². The number of methoxy groups -OCH3 is 1. The standard InChI is InChI=1S/C19H22ClNO4S/c1-4-24-18-14(20)9-13(10-17(18)23-3)19(22)21-7-8-26-11-15(21)16-6-5-12(2)25-16/h5-6,9-10,15H,4,7-8,11H2,1-3H3/t15-/m0/s1. The molecule has 3 rings (SSSR count). The average molecular weight is 396 g/mol. The highest BCUT2D eigenvalue weighted by Gasteiger charge is 2.32. The van der Waals surface area contributed by atoms with Gasteiger partial charge in [0.25, 0.3) is 5.91 Å². The van der Waals surface area contributed by atoms with Crippen molar-refractivity contribution in [2.24, 2.45) is 0 Å². The number of hydrogen-bond donors (Lipinski definition) is 0. The minimum atomic E-state index is -0.0914. The van der Waals surface area contributed by atoms with Crippen LogP contribution in [0.2, 0.25) is 5.02 Å². The van der Waals surface area contributed by atoms with Crippen LogP contribution >= 0.6 is 23.4 Å². The number of carbonyl (C=O) groups is 1. The Hall–Kier alpha value is -1.79. The topological polar surface area (TPSA) is 51.9 Å². The number of benzene rings is 1. The second kappa shape index (κ2) is 8.27. The van der Waals surface area contributed by atoms with Crippen molar-refractivity contribution >= 4 is 29.3 Å². The molecule has 7 heteroatoms. The highest BCUT2D eigenvalue weighted by molar-refractivity contribution is 7.99. The summed E-state index contributed by atoms with van der Waals surface area (Å²) in [6, 6.07) is 7.10. The van der Waals surface area contributed by atoms with Crippen LogP contribution in [0.3, 0.4) is 0 Å². The zero-order valence-electron chi connectivity index (χ0n) is 15.1. The lowest BCUT2D eigenvalue weighted by Crippen LogP contribution is -2.40. The predicted octanol–water partition coefficient (Wildman–Crippen LogP) is 4.58. The molecule has 1 aromatic heterocycles. The Balaban J connectivity index is 1.92. The summed E-state index contributed by atoms with van der Waals surface area (Å²) in [4.78, 5) is 15.0. The molecule has 1 aliphatic rings. The molecule has 140 valence electrons. The SMILES string of the molecule is CCOc1c(Cl)cc(C(=O)N2CCSC[C@H]2c2ccc(C)o2)cc1OC. The minimum Gasteiger partial charge on any atom is -0.493 e. The molecule has 0 saturated carbocycles. The van der Waals surface area contributed by atoms with Crippen LogP contribution in [-0.4, -0.2) is 42.6 Å². The van der Waals surface area contributed by atoms with Crippen LogP contribution < -0.4 is 9.47 Å². The number of thioether (sulfide) groups is 1. The average Bonchev–Trinajstić information content (AvgIpc) is 3.09. The minimum absolute atomic E-state index is 0.0902. The van der Waals surface area contributed by atoms with E-state index in [0.29, 0.717) is 35.2 Å². The fourth-order valence-corrected chi connectivity index (χ4v) is 4.33. The number of nitrogens with zero attached hydrogens (tertiary/aromatic N) is 1. The van der Waals surface area contributed by atoms with Gasteiger partial charge in [-0.25, -0.2) is 0 Å². The van der Waals surface area contributed by atoms with E-state index >= 15 is 0 Å². The van der Waals surface area contributed by atoms with Gasteiger partial charge in [0.15, 0.2) is 11.5 Å². The van der Waals surface area contributed by atoms with E-state index in [2.05, 4.69) is 0 Å². The van der Waals surface area contributed by atoms with Crippen LogP contribution in [0.4, 0.5) is 0 Å². The van der Waals surface area contributed by atoms with Crippen molar-refractivity contribution < 1.29 is 18.7 Å². The maximum absolute atomic E-state index is 13.2. The predicted molar refractivity (Wildman–Crippen MR) is 104 cm³/mol. The molecule has 0 aliphatic carbocycles. The molecule has 1 saturated heterocycles. The lowest BCUT2D eigenvalue weighted by atomic mass is 10.1. The van der Waals surface area contributed by atoms with Crippen LogP contribution in [0.5, 0.6) is 11.5 Å². The monoisotopic (exact) mass is 395 g/mol. The van der Waals surface area contributed by atoms with E-state index in [0.717, 1.165) is 23.0 Å². The van der Waals surface area contributed by atoms with E-state index in [1.165, 1.54) is 7.11 Å². The summed E-state index contributed by atoms with van der Waals surface area (Å²) in [7, 11) is 1.54. The fraction of sp³-hybridized carbons (Fsp3) is 0.421. The van der Waals surface area contributed by atoms with Gasteiger partial charge in [0, 0.05) is 23.6 Å². The van der Waals surface area contributed by atoms with Gasteiger partial charge in [-0.15, -0.1) is 0 Å². The van der Waals surface area contributed by atoms with E-state index in [4.69, 9.17) is 25.5 Å². The van der Waals surface area contributed by atoms with Crippen molar-refractivity contribution in [1.29, 1.82) is 0 Å². The van der Waals surface area contributed by atoms with E-state index in [1.807, 2.05) is 42.6 Å². The number of aryl methyl sites for hydroxylation is 1. The summed E-state index contributed by atoms with van der Waals surface area (Å²) in [5.74, 6) is 4.18. The molecule has 1 amide bonds. The second-order valence-electron chi connectivity index (χ2n) is 5.96. The van der Waals surface area contributed by atoms with Gasteiger partial charge in [0.1, 0.15) is 11.5 Å². The quantitative estimate of drug-likeness (QED) is 0.741. The number of ether oxygens (including phenoxy) is 2. The van der Waals surface area contributed by atoms with Crippen LogP contribution in [0.15, 0.2) is 28.7 Å². The molecule has 0 unspecified atom stereocenters. The molecule has 0 N–H and O–H groups in total. The number of carbonyl (C=O) groups excluding carboxylic acids is 1. The maximum atomic E-state index is 13.2. The van der Waals surface area contributed by atoms with E-state index in [1.54, 1.807) is 12.1 Å². The van der Waals surface area contributed by atoms with Gasteiger partial charge >= 0.3 is 0 Å². The van der Waals surface area contributed by atoms with E-state index in [-0.39, 0.29) is 11.9 Å². The fourth-order valence-electron chi connectivity index (χ4n) is 3.01. The molecular weight excluding hydrogens is 374 g/mol. The summed E-state index contributed by atoms with van der Waals surface area (Å²) in [5, 5.41) is 0.367. The molecule has 5 nitrogen and oxygen atoms in total. The Morgan fingerprint density at radius 3 is 2.88 bits per heavy atom. The molecule has 0 bridgehead atoms. The Kier molecular flexibility index (Phi) is 6.04. The number of hydrogen-bond acceptors (Lipinski definition) is 5. The van der Waals surface area contributed by atoms with Crippen molar-refractivity contribution in [3.8, 4) is 11.5 Å². The molecule has 26 heavy (non-hydrogen) atoms. The molecule has 1 atom stereocenters. The summed E-state index contributed by atoms with van der Waals surface area (Å²) in [6.07, 6.45) is 0. The molecular formula is C19H22ClNO4S. The first kappa shape index (κ1) is 19.0. The molecule has 1 aliphatic heterocycles. The molecule has 0 radical (unpaired) electrons. The smallest absolute Gasteiger partial charge is 0.254 e. The third-order valence-electron chi connectivity index (χ3n) is 4.24.